The Morgan fingerprint density at radius 3 is 2.50 bits per heavy atom. The summed E-state index contributed by atoms with van der Waals surface area (Å²) >= 11 is 1.44. The molecule has 0 bridgehead atoms. The number of thioether (sulfide) groups is 1. The maximum Gasteiger partial charge on any atom is 0.242 e. The van der Waals surface area contributed by atoms with Gasteiger partial charge < -0.3 is 14.6 Å². The molecule has 1 N–H and O–H groups in total. The molecule has 4 rings (SSSR count). The Hall–Kier alpha value is -3.51. The Bertz CT molecular complexity index is 1180. The van der Waals surface area contributed by atoms with E-state index in [-0.39, 0.29) is 5.91 Å². The summed E-state index contributed by atoms with van der Waals surface area (Å²) in [4.78, 5) is 18.0. The Kier molecular flexibility index (Phi) is 6.92. The third-order valence-corrected chi connectivity index (χ3v) is 6.32. The zero-order chi connectivity index (χ0) is 22.3. The van der Waals surface area contributed by atoms with Crippen LogP contribution in [0.3, 0.4) is 0 Å². The second kappa shape index (κ2) is 10.2. The summed E-state index contributed by atoms with van der Waals surface area (Å²) in [5, 5.41) is 3.37. The molecule has 0 saturated heterocycles. The van der Waals surface area contributed by atoms with E-state index in [1.807, 2.05) is 79.9 Å². The van der Waals surface area contributed by atoms with Crippen molar-refractivity contribution in [1.29, 1.82) is 0 Å². The van der Waals surface area contributed by atoms with E-state index in [0.29, 0.717) is 18.0 Å². The third kappa shape index (κ3) is 5.21. The van der Waals surface area contributed by atoms with Crippen molar-refractivity contribution < 1.29 is 9.53 Å². The van der Waals surface area contributed by atoms with Gasteiger partial charge in [-0.05, 0) is 35.7 Å². The zero-order valence-electron chi connectivity index (χ0n) is 18.1. The maximum absolute atomic E-state index is 13.5. The lowest BCUT2D eigenvalue weighted by Gasteiger charge is -2.19. The fourth-order valence-electron chi connectivity index (χ4n) is 3.44. The van der Waals surface area contributed by atoms with Crippen molar-refractivity contribution in [2.45, 2.75) is 23.9 Å². The topological polar surface area (TPSA) is 56.1 Å². The number of carbonyl (C=O) groups is 1. The van der Waals surface area contributed by atoms with Gasteiger partial charge in [-0.15, -0.1) is 0 Å². The van der Waals surface area contributed by atoms with Gasteiger partial charge in [0.05, 0.1) is 12.8 Å². The molecule has 6 heteroatoms. The normalized spacial score (nSPS) is 11.7. The van der Waals surface area contributed by atoms with E-state index in [1.54, 1.807) is 13.3 Å². The average Bonchev–Trinajstić information content (AvgIpc) is 3.25. The molecule has 5 nitrogen and oxygen atoms in total. The summed E-state index contributed by atoms with van der Waals surface area (Å²) in [5.41, 5.74) is 3.79. The number of hydrogen-bond donors (Lipinski definition) is 1. The van der Waals surface area contributed by atoms with Gasteiger partial charge in [-0.25, -0.2) is 4.98 Å². The van der Waals surface area contributed by atoms with Crippen LogP contribution < -0.4 is 10.1 Å². The number of amides is 1. The first-order chi connectivity index (χ1) is 15.6. The van der Waals surface area contributed by atoms with Crippen molar-refractivity contribution in [1.82, 2.24) is 9.55 Å². The summed E-state index contributed by atoms with van der Waals surface area (Å²) in [6.45, 7) is 2.68. The van der Waals surface area contributed by atoms with Crippen LogP contribution in [-0.2, 0) is 11.3 Å². The maximum atomic E-state index is 13.5. The van der Waals surface area contributed by atoms with Crippen LogP contribution in [0.25, 0.3) is 0 Å². The quantitative estimate of drug-likeness (QED) is 0.354. The number of nitrogens with zero attached hydrogens (tertiary/aromatic N) is 2. The third-order valence-electron chi connectivity index (χ3n) is 5.05. The van der Waals surface area contributed by atoms with E-state index >= 15 is 0 Å². The number of nitrogens with one attached hydrogen (secondary N) is 1. The summed E-state index contributed by atoms with van der Waals surface area (Å²) < 4.78 is 7.51. The number of ether oxygens (including phenoxy) is 1. The molecule has 0 spiro atoms. The highest BCUT2D eigenvalue weighted by Crippen LogP contribution is 2.36. The molecule has 1 unspecified atom stereocenters. The second-order valence-corrected chi connectivity index (χ2v) is 8.50. The van der Waals surface area contributed by atoms with Crippen molar-refractivity contribution in [3.05, 3.63) is 108 Å². The molecule has 162 valence electrons. The number of aryl methyl sites for hydroxylation is 1. The van der Waals surface area contributed by atoms with E-state index in [2.05, 4.69) is 27.0 Å². The first-order valence-corrected chi connectivity index (χ1v) is 11.2. The molecule has 1 amide bonds. The minimum Gasteiger partial charge on any atom is -0.495 e. The van der Waals surface area contributed by atoms with Crippen LogP contribution in [-0.4, -0.2) is 22.6 Å². The highest BCUT2D eigenvalue weighted by molar-refractivity contribution is 8.00. The lowest BCUT2D eigenvalue weighted by molar-refractivity contribution is -0.115. The van der Waals surface area contributed by atoms with Crippen LogP contribution in [0.1, 0.15) is 21.9 Å². The van der Waals surface area contributed by atoms with Crippen LogP contribution in [0, 0.1) is 6.92 Å². The van der Waals surface area contributed by atoms with Gasteiger partial charge in [0.25, 0.3) is 0 Å². The van der Waals surface area contributed by atoms with Crippen molar-refractivity contribution in [3.63, 3.8) is 0 Å². The molecule has 0 aliphatic rings. The number of anilines is 1. The lowest BCUT2D eigenvalue weighted by atomic mass is 10.1. The zero-order valence-corrected chi connectivity index (χ0v) is 18.9. The van der Waals surface area contributed by atoms with Crippen LogP contribution in [0.5, 0.6) is 5.75 Å². The SMILES string of the molecule is COc1ccc(C)cc1NC(=O)C(Sc1nccn1Cc1ccccc1)c1ccccc1. The summed E-state index contributed by atoms with van der Waals surface area (Å²) in [5.74, 6) is 0.505. The Morgan fingerprint density at radius 1 is 1.06 bits per heavy atom. The smallest absolute Gasteiger partial charge is 0.242 e. The van der Waals surface area contributed by atoms with Crippen molar-refractivity contribution in [2.75, 3.05) is 12.4 Å². The van der Waals surface area contributed by atoms with E-state index in [1.165, 1.54) is 17.3 Å². The van der Waals surface area contributed by atoms with Gasteiger partial charge in [0.2, 0.25) is 5.91 Å². The van der Waals surface area contributed by atoms with Crippen LogP contribution in [0.4, 0.5) is 5.69 Å². The molecule has 1 heterocycles. The molecule has 0 saturated carbocycles. The summed E-state index contributed by atoms with van der Waals surface area (Å²) in [7, 11) is 1.60. The summed E-state index contributed by atoms with van der Waals surface area (Å²) in [6.07, 6.45) is 3.72. The number of carbonyl (C=O) groups excluding carboxylic acids is 1. The Balaban J connectivity index is 1.61. The van der Waals surface area contributed by atoms with Gasteiger partial charge >= 0.3 is 0 Å². The molecule has 0 radical (unpaired) electrons. The van der Waals surface area contributed by atoms with Gasteiger partial charge in [-0.3, -0.25) is 4.79 Å². The van der Waals surface area contributed by atoms with Crippen LogP contribution in [0.15, 0.2) is 96.4 Å². The van der Waals surface area contributed by atoms with Crippen molar-refractivity contribution in [3.8, 4) is 5.75 Å². The Morgan fingerprint density at radius 2 is 1.78 bits per heavy atom. The first-order valence-electron chi connectivity index (χ1n) is 10.4. The number of imidazole rings is 1. The van der Waals surface area contributed by atoms with Crippen LogP contribution >= 0.6 is 11.8 Å². The molecule has 1 atom stereocenters. The largest absolute Gasteiger partial charge is 0.495 e. The molecule has 32 heavy (non-hydrogen) atoms. The predicted molar refractivity (Wildman–Crippen MR) is 129 cm³/mol. The fourth-order valence-corrected chi connectivity index (χ4v) is 4.49. The number of rotatable bonds is 8. The molecule has 1 aromatic heterocycles. The second-order valence-electron chi connectivity index (χ2n) is 7.42. The molecular formula is C26H25N3O2S. The van der Waals surface area contributed by atoms with Crippen LogP contribution in [0.2, 0.25) is 0 Å². The van der Waals surface area contributed by atoms with Gasteiger partial charge in [-0.2, -0.15) is 0 Å². The van der Waals surface area contributed by atoms with E-state index < -0.39 is 5.25 Å². The standard InChI is InChI=1S/C26H25N3O2S/c1-19-13-14-23(31-2)22(17-19)28-25(30)24(21-11-7-4-8-12-21)32-26-27-15-16-29(26)18-20-9-5-3-6-10-20/h3-17,24H,18H2,1-2H3,(H,28,30). The molecule has 4 aromatic rings. The predicted octanol–water partition coefficient (Wildman–Crippen LogP) is 5.72. The number of methoxy groups -OCH3 is 1. The molecule has 0 fully saturated rings. The number of hydrogen-bond acceptors (Lipinski definition) is 4. The molecule has 3 aromatic carbocycles. The highest BCUT2D eigenvalue weighted by Gasteiger charge is 2.25. The summed E-state index contributed by atoms with van der Waals surface area (Å²) in [6, 6.07) is 25.7. The number of benzene rings is 3. The fraction of sp³-hybridized carbons (Fsp3) is 0.154. The van der Waals surface area contributed by atoms with Gasteiger partial charge in [-0.1, -0.05) is 78.5 Å². The van der Waals surface area contributed by atoms with Gasteiger partial charge in [0.15, 0.2) is 5.16 Å². The van der Waals surface area contributed by atoms with E-state index in [4.69, 9.17) is 4.74 Å². The van der Waals surface area contributed by atoms with E-state index in [9.17, 15) is 4.79 Å². The molecule has 0 aliphatic heterocycles. The minimum atomic E-state index is -0.474. The number of aromatic nitrogens is 2. The molecular weight excluding hydrogens is 418 g/mol. The highest BCUT2D eigenvalue weighted by atomic mass is 32.2. The van der Waals surface area contributed by atoms with Crippen molar-refractivity contribution in [2.24, 2.45) is 0 Å². The monoisotopic (exact) mass is 443 g/mol. The van der Waals surface area contributed by atoms with Gasteiger partial charge in [0, 0.05) is 18.9 Å². The lowest BCUT2D eigenvalue weighted by Crippen LogP contribution is -2.20. The minimum absolute atomic E-state index is 0.126. The average molecular weight is 444 g/mol. The first kappa shape index (κ1) is 21.7. The van der Waals surface area contributed by atoms with Gasteiger partial charge in [0.1, 0.15) is 11.0 Å². The Labute approximate surface area is 192 Å². The van der Waals surface area contributed by atoms with Crippen molar-refractivity contribution >= 4 is 23.4 Å². The van der Waals surface area contributed by atoms with E-state index in [0.717, 1.165) is 16.3 Å². The molecule has 0 aliphatic carbocycles.